The highest BCUT2D eigenvalue weighted by molar-refractivity contribution is 5.49. The molecule has 0 bridgehead atoms. The van der Waals surface area contributed by atoms with Gasteiger partial charge in [0.1, 0.15) is 0 Å². The monoisotopic (exact) mass is 201 g/mol. The van der Waals surface area contributed by atoms with E-state index in [9.17, 15) is 8.78 Å². The molecule has 78 valence electrons. The molecular weight excluding hydrogens is 188 g/mol. The fraction of sp³-hybridized carbons (Fsp3) is 0.400. The van der Waals surface area contributed by atoms with Gasteiger partial charge in [-0.3, -0.25) is 0 Å². The molecule has 1 aromatic rings. The molecule has 0 unspecified atom stereocenters. The topological polar surface area (TPSA) is 21.3 Å². The number of benzene rings is 1. The minimum absolute atomic E-state index is 0.0800. The smallest absolute Gasteiger partial charge is 0.200 e. The van der Waals surface area contributed by atoms with Gasteiger partial charge in [0.2, 0.25) is 5.82 Å². The van der Waals surface area contributed by atoms with E-state index in [2.05, 4.69) is 5.32 Å². The lowest BCUT2D eigenvalue weighted by Crippen LogP contribution is -2.02. The Hall–Kier alpha value is -1.32. The Morgan fingerprint density at radius 3 is 2.64 bits per heavy atom. The van der Waals surface area contributed by atoms with Gasteiger partial charge in [-0.05, 0) is 6.42 Å². The molecule has 0 fully saturated rings. The molecule has 0 aliphatic heterocycles. The second-order valence-electron chi connectivity index (χ2n) is 2.90. The van der Waals surface area contributed by atoms with Gasteiger partial charge < -0.3 is 10.1 Å². The van der Waals surface area contributed by atoms with Crippen molar-refractivity contribution in [3.05, 3.63) is 23.8 Å². The number of hydrogen-bond acceptors (Lipinski definition) is 2. The maximum atomic E-state index is 13.0. The van der Waals surface area contributed by atoms with Crippen LogP contribution in [-0.4, -0.2) is 13.7 Å². The molecule has 14 heavy (non-hydrogen) atoms. The van der Waals surface area contributed by atoms with Gasteiger partial charge in [0, 0.05) is 24.4 Å². The molecule has 0 aliphatic carbocycles. The van der Waals surface area contributed by atoms with Gasteiger partial charge in [0.15, 0.2) is 11.6 Å². The Morgan fingerprint density at radius 1 is 1.36 bits per heavy atom. The van der Waals surface area contributed by atoms with Crippen LogP contribution in [0.4, 0.5) is 14.5 Å². The molecule has 1 N–H and O–H groups in total. The highest BCUT2D eigenvalue weighted by Gasteiger charge is 2.10. The van der Waals surface area contributed by atoms with Crippen molar-refractivity contribution in [1.29, 1.82) is 0 Å². The summed E-state index contributed by atoms with van der Waals surface area (Å²) >= 11 is 0. The Kier molecular flexibility index (Phi) is 3.68. The Bertz CT molecular complexity index is 315. The second kappa shape index (κ2) is 4.79. The van der Waals surface area contributed by atoms with E-state index in [1.165, 1.54) is 13.2 Å². The van der Waals surface area contributed by atoms with Crippen LogP contribution in [-0.2, 0) is 0 Å². The Morgan fingerprint density at radius 2 is 2.07 bits per heavy atom. The number of anilines is 1. The molecule has 0 heterocycles. The van der Waals surface area contributed by atoms with Crippen LogP contribution in [0, 0.1) is 11.6 Å². The zero-order chi connectivity index (χ0) is 10.6. The third-order valence-corrected chi connectivity index (χ3v) is 1.79. The van der Waals surface area contributed by atoms with E-state index in [0.29, 0.717) is 12.2 Å². The maximum Gasteiger partial charge on any atom is 0.200 e. The van der Waals surface area contributed by atoms with Crippen molar-refractivity contribution < 1.29 is 13.5 Å². The van der Waals surface area contributed by atoms with Crippen molar-refractivity contribution in [3.63, 3.8) is 0 Å². The first-order valence-corrected chi connectivity index (χ1v) is 4.46. The predicted octanol–water partition coefficient (Wildman–Crippen LogP) is 2.80. The molecule has 1 rings (SSSR count). The highest BCUT2D eigenvalue weighted by atomic mass is 19.2. The van der Waals surface area contributed by atoms with Gasteiger partial charge in [-0.2, -0.15) is 4.39 Å². The molecule has 0 saturated carbocycles. The fourth-order valence-electron chi connectivity index (χ4n) is 1.08. The normalized spacial score (nSPS) is 10.0. The van der Waals surface area contributed by atoms with Crippen molar-refractivity contribution in [1.82, 2.24) is 0 Å². The molecule has 4 heteroatoms. The zero-order valence-electron chi connectivity index (χ0n) is 8.23. The summed E-state index contributed by atoms with van der Waals surface area (Å²) in [4.78, 5) is 0. The third kappa shape index (κ3) is 2.34. The Labute approximate surface area is 81.9 Å². The summed E-state index contributed by atoms with van der Waals surface area (Å²) in [6, 6.07) is 2.56. The van der Waals surface area contributed by atoms with E-state index < -0.39 is 11.6 Å². The van der Waals surface area contributed by atoms with Gasteiger partial charge in [-0.25, -0.2) is 4.39 Å². The minimum Gasteiger partial charge on any atom is -0.493 e. The molecule has 0 spiro atoms. The number of rotatable bonds is 4. The number of halogens is 2. The lowest BCUT2D eigenvalue weighted by molar-refractivity contribution is 0.372. The first-order valence-electron chi connectivity index (χ1n) is 4.46. The van der Waals surface area contributed by atoms with E-state index in [1.54, 1.807) is 0 Å². The first kappa shape index (κ1) is 10.8. The number of methoxy groups -OCH3 is 1. The summed E-state index contributed by atoms with van der Waals surface area (Å²) in [5.74, 6) is -1.93. The van der Waals surface area contributed by atoms with Crippen LogP contribution in [0.25, 0.3) is 0 Å². The van der Waals surface area contributed by atoms with E-state index >= 15 is 0 Å². The summed E-state index contributed by atoms with van der Waals surface area (Å²) in [6.07, 6.45) is 0.918. The van der Waals surface area contributed by atoms with Crippen LogP contribution >= 0.6 is 0 Å². The molecule has 1 aromatic carbocycles. The van der Waals surface area contributed by atoms with E-state index in [0.717, 1.165) is 12.5 Å². The first-order chi connectivity index (χ1) is 6.69. The maximum absolute atomic E-state index is 13.0. The van der Waals surface area contributed by atoms with Crippen molar-refractivity contribution in [2.75, 3.05) is 19.0 Å². The van der Waals surface area contributed by atoms with Gasteiger partial charge >= 0.3 is 0 Å². The quantitative estimate of drug-likeness (QED) is 0.808. The standard InChI is InChI=1S/C10H13F2NO/c1-3-4-13-7-5-8(11)10(12)9(6-7)14-2/h5-6,13H,3-4H2,1-2H3. The van der Waals surface area contributed by atoms with Gasteiger partial charge in [-0.1, -0.05) is 6.92 Å². The van der Waals surface area contributed by atoms with Crippen molar-refractivity contribution >= 4 is 5.69 Å². The lowest BCUT2D eigenvalue weighted by atomic mass is 10.2. The van der Waals surface area contributed by atoms with Crippen LogP contribution in [0.3, 0.4) is 0 Å². The van der Waals surface area contributed by atoms with Crippen LogP contribution < -0.4 is 10.1 Å². The zero-order valence-corrected chi connectivity index (χ0v) is 8.23. The van der Waals surface area contributed by atoms with Gasteiger partial charge in [0.25, 0.3) is 0 Å². The summed E-state index contributed by atoms with van der Waals surface area (Å²) in [5.41, 5.74) is 0.530. The van der Waals surface area contributed by atoms with E-state index in [-0.39, 0.29) is 5.75 Å². The number of nitrogens with one attached hydrogen (secondary N) is 1. The molecule has 2 nitrogen and oxygen atoms in total. The molecule has 0 saturated heterocycles. The highest BCUT2D eigenvalue weighted by Crippen LogP contribution is 2.24. The largest absolute Gasteiger partial charge is 0.493 e. The summed E-state index contributed by atoms with van der Waals surface area (Å²) in [6.45, 7) is 2.71. The predicted molar refractivity (Wildman–Crippen MR) is 51.7 cm³/mol. The Balaban J connectivity index is 2.91. The van der Waals surface area contributed by atoms with E-state index in [1.807, 2.05) is 6.92 Å². The van der Waals surface area contributed by atoms with Crippen molar-refractivity contribution in [2.45, 2.75) is 13.3 Å². The summed E-state index contributed by atoms with van der Waals surface area (Å²) in [5, 5.41) is 2.95. The fourth-order valence-corrected chi connectivity index (χ4v) is 1.08. The average molecular weight is 201 g/mol. The molecule has 0 radical (unpaired) electrons. The molecular formula is C10H13F2NO. The summed E-state index contributed by atoms with van der Waals surface area (Å²) < 4.78 is 30.6. The molecule has 0 aliphatic rings. The number of ether oxygens (including phenoxy) is 1. The molecule has 0 aromatic heterocycles. The minimum atomic E-state index is -0.949. The third-order valence-electron chi connectivity index (χ3n) is 1.79. The van der Waals surface area contributed by atoms with Crippen LogP contribution in [0.5, 0.6) is 5.75 Å². The SMILES string of the molecule is CCCNc1cc(F)c(F)c(OC)c1. The van der Waals surface area contributed by atoms with Crippen LogP contribution in [0.2, 0.25) is 0 Å². The van der Waals surface area contributed by atoms with Gasteiger partial charge in [0.05, 0.1) is 7.11 Å². The van der Waals surface area contributed by atoms with Crippen molar-refractivity contribution in [3.8, 4) is 5.75 Å². The second-order valence-corrected chi connectivity index (χ2v) is 2.90. The van der Waals surface area contributed by atoms with Gasteiger partial charge in [-0.15, -0.1) is 0 Å². The molecule has 0 atom stereocenters. The van der Waals surface area contributed by atoms with E-state index in [4.69, 9.17) is 4.74 Å². The lowest BCUT2D eigenvalue weighted by Gasteiger charge is -2.08. The van der Waals surface area contributed by atoms with Crippen molar-refractivity contribution in [2.24, 2.45) is 0 Å². The van der Waals surface area contributed by atoms with Crippen LogP contribution in [0.1, 0.15) is 13.3 Å². The average Bonchev–Trinajstić information content (AvgIpc) is 2.19. The molecule has 0 amide bonds. The summed E-state index contributed by atoms with van der Waals surface area (Å²) in [7, 11) is 1.31. The van der Waals surface area contributed by atoms with Crippen LogP contribution in [0.15, 0.2) is 12.1 Å². The number of hydrogen-bond donors (Lipinski definition) is 1.